The highest BCUT2D eigenvalue weighted by Gasteiger charge is 2.50. The summed E-state index contributed by atoms with van der Waals surface area (Å²) in [5, 5.41) is 7.18. The van der Waals surface area contributed by atoms with Crippen LogP contribution in [-0.4, -0.2) is 31.1 Å². The first kappa shape index (κ1) is 18.5. The lowest BCUT2D eigenvalue weighted by Crippen LogP contribution is -2.48. The molecule has 3 aliphatic carbocycles. The van der Waals surface area contributed by atoms with Crippen molar-refractivity contribution in [3.05, 3.63) is 35.4 Å². The summed E-state index contributed by atoms with van der Waals surface area (Å²) >= 11 is 0. The summed E-state index contributed by atoms with van der Waals surface area (Å²) in [6.07, 6.45) is 6.49. The Labute approximate surface area is 171 Å². The first-order valence-corrected chi connectivity index (χ1v) is 10.6. The number of benzene rings is 1. The molecule has 0 aromatic heterocycles. The molecule has 2 aliphatic heterocycles. The molecular formula is C23H28N2O4. The Morgan fingerprint density at radius 2 is 2.14 bits per heavy atom. The van der Waals surface area contributed by atoms with Crippen LogP contribution >= 0.6 is 0 Å². The van der Waals surface area contributed by atoms with Gasteiger partial charge in [0.1, 0.15) is 0 Å². The van der Waals surface area contributed by atoms with Gasteiger partial charge in [0.2, 0.25) is 12.9 Å². The van der Waals surface area contributed by atoms with Crippen LogP contribution in [0.25, 0.3) is 0 Å². The van der Waals surface area contributed by atoms with E-state index in [-0.39, 0.29) is 12.7 Å². The first-order chi connectivity index (χ1) is 14.0. The number of allylic oxidation sites excluding steroid dienone is 1. The number of oxime groups is 1. The molecule has 29 heavy (non-hydrogen) atoms. The highest BCUT2D eigenvalue weighted by Crippen LogP contribution is 2.59. The molecule has 1 aromatic rings. The van der Waals surface area contributed by atoms with Gasteiger partial charge in [-0.1, -0.05) is 36.7 Å². The van der Waals surface area contributed by atoms with Gasteiger partial charge in [0, 0.05) is 19.4 Å². The predicted octanol–water partition coefficient (Wildman–Crippen LogP) is 3.60. The fourth-order valence-corrected chi connectivity index (χ4v) is 5.16. The van der Waals surface area contributed by atoms with Crippen LogP contribution < -0.4 is 14.8 Å². The van der Waals surface area contributed by atoms with Crippen LogP contribution in [0.2, 0.25) is 0 Å². The maximum Gasteiger partial charge on any atom is 0.264 e. The second-order valence-electron chi connectivity index (χ2n) is 9.18. The lowest BCUT2D eigenvalue weighted by atomic mass is 9.48. The second-order valence-corrected chi connectivity index (χ2v) is 9.18. The van der Waals surface area contributed by atoms with Gasteiger partial charge in [-0.15, -0.1) is 0 Å². The van der Waals surface area contributed by atoms with Crippen molar-refractivity contribution in [2.75, 3.05) is 13.3 Å². The summed E-state index contributed by atoms with van der Waals surface area (Å²) in [6, 6.07) is 5.86. The lowest BCUT2D eigenvalue weighted by molar-refractivity contribution is -0.131. The summed E-state index contributed by atoms with van der Waals surface area (Å²) in [5.74, 6) is 2.99. The molecule has 0 unspecified atom stereocenters. The molecule has 6 rings (SSSR count). The molecule has 1 aromatic carbocycles. The fraction of sp³-hybridized carbons (Fsp3) is 0.565. The molecule has 1 saturated carbocycles. The number of fused-ring (bicyclic) bond motifs is 2. The van der Waals surface area contributed by atoms with Crippen LogP contribution in [0.15, 0.2) is 35.0 Å². The van der Waals surface area contributed by atoms with Crippen molar-refractivity contribution in [2.24, 2.45) is 22.4 Å². The number of amides is 1. The number of rotatable bonds is 6. The van der Waals surface area contributed by atoms with E-state index in [1.54, 1.807) is 0 Å². The van der Waals surface area contributed by atoms with Gasteiger partial charge in [0.05, 0.1) is 5.71 Å². The van der Waals surface area contributed by atoms with Gasteiger partial charge >= 0.3 is 0 Å². The Kier molecular flexibility index (Phi) is 4.52. The predicted molar refractivity (Wildman–Crippen MR) is 109 cm³/mol. The Bertz CT molecular complexity index is 889. The van der Waals surface area contributed by atoms with Crippen molar-refractivity contribution >= 4 is 11.6 Å². The van der Waals surface area contributed by atoms with E-state index in [0.717, 1.165) is 35.1 Å². The number of hydrogen-bond donors (Lipinski definition) is 1. The molecule has 154 valence electrons. The van der Waals surface area contributed by atoms with Crippen LogP contribution in [0.1, 0.15) is 45.1 Å². The summed E-state index contributed by atoms with van der Waals surface area (Å²) in [5.41, 5.74) is 3.90. The zero-order chi connectivity index (χ0) is 20.0. The van der Waals surface area contributed by atoms with Crippen molar-refractivity contribution in [3.8, 4) is 11.5 Å². The minimum atomic E-state index is -0.524. The topological polar surface area (TPSA) is 69.2 Å². The van der Waals surface area contributed by atoms with E-state index in [1.165, 1.54) is 18.4 Å². The van der Waals surface area contributed by atoms with Gasteiger partial charge in [-0.2, -0.15) is 0 Å². The average Bonchev–Trinajstić information content (AvgIpc) is 3.37. The summed E-state index contributed by atoms with van der Waals surface area (Å²) in [7, 11) is 0. The standard InChI is InChI=1S/C23H28N2O4/c1-23(2)16-5-4-15(18(23)11-16)7-8-24-22(26)21-12-17(25-29-21)9-14-3-6-19-20(10-14)28-13-27-19/h3-4,6,10,16,18,21H,5,7-9,11-13H2,1-2H3,(H,24,26)/t16-,18-,21-/m0/s1. The third kappa shape index (κ3) is 3.38. The second kappa shape index (κ2) is 7.08. The molecule has 5 aliphatic rings. The van der Waals surface area contributed by atoms with Crippen LogP contribution in [0, 0.1) is 17.3 Å². The Hall–Kier alpha value is -2.50. The Morgan fingerprint density at radius 3 is 2.97 bits per heavy atom. The van der Waals surface area contributed by atoms with E-state index in [1.807, 2.05) is 18.2 Å². The van der Waals surface area contributed by atoms with Gasteiger partial charge in [-0.05, 0) is 54.2 Å². The van der Waals surface area contributed by atoms with E-state index < -0.39 is 6.10 Å². The minimum Gasteiger partial charge on any atom is -0.454 e. The molecule has 6 nitrogen and oxygen atoms in total. The molecule has 1 fully saturated rings. The SMILES string of the molecule is CC1(C)[C@H]2CC=C(CCNC(=O)[C@@H]3CC(Cc4ccc5c(c4)OCO5)=NO3)[C@@H]1C2. The largest absolute Gasteiger partial charge is 0.454 e. The summed E-state index contributed by atoms with van der Waals surface area (Å²) in [6.45, 7) is 5.69. The fourth-order valence-electron chi connectivity index (χ4n) is 5.16. The number of carbonyl (C=O) groups excluding carboxylic acids is 1. The van der Waals surface area contributed by atoms with E-state index in [9.17, 15) is 4.79 Å². The van der Waals surface area contributed by atoms with E-state index in [2.05, 4.69) is 30.4 Å². The highest BCUT2D eigenvalue weighted by molar-refractivity contribution is 5.94. The molecule has 0 saturated heterocycles. The van der Waals surface area contributed by atoms with E-state index >= 15 is 0 Å². The number of nitrogens with zero attached hydrogens (tertiary/aromatic N) is 1. The van der Waals surface area contributed by atoms with Gasteiger partial charge < -0.3 is 19.6 Å². The zero-order valence-corrected chi connectivity index (χ0v) is 17.1. The Balaban J connectivity index is 1.08. The van der Waals surface area contributed by atoms with Crippen molar-refractivity contribution < 1.29 is 19.1 Å². The monoisotopic (exact) mass is 396 g/mol. The van der Waals surface area contributed by atoms with Gasteiger partial charge in [0.25, 0.3) is 5.91 Å². The maximum absolute atomic E-state index is 12.5. The van der Waals surface area contributed by atoms with Crippen LogP contribution in [-0.2, 0) is 16.1 Å². The number of nitrogens with one attached hydrogen (secondary N) is 1. The van der Waals surface area contributed by atoms with Crippen molar-refractivity contribution in [2.45, 2.75) is 52.1 Å². The quantitative estimate of drug-likeness (QED) is 0.746. The van der Waals surface area contributed by atoms with Gasteiger partial charge in [-0.25, -0.2) is 0 Å². The normalized spacial score (nSPS) is 28.1. The third-order valence-electron chi connectivity index (χ3n) is 7.16. The Morgan fingerprint density at radius 1 is 1.28 bits per heavy atom. The number of hydrogen-bond acceptors (Lipinski definition) is 5. The number of ether oxygens (including phenoxy) is 2. The molecule has 0 radical (unpaired) electrons. The molecule has 3 atom stereocenters. The summed E-state index contributed by atoms with van der Waals surface area (Å²) < 4.78 is 10.8. The molecule has 1 N–H and O–H groups in total. The number of carbonyl (C=O) groups is 1. The first-order valence-electron chi connectivity index (χ1n) is 10.6. The smallest absolute Gasteiger partial charge is 0.264 e. The van der Waals surface area contributed by atoms with Crippen molar-refractivity contribution in [3.63, 3.8) is 0 Å². The molecule has 6 heteroatoms. The van der Waals surface area contributed by atoms with Crippen LogP contribution in [0.4, 0.5) is 0 Å². The zero-order valence-electron chi connectivity index (χ0n) is 17.1. The van der Waals surface area contributed by atoms with Crippen molar-refractivity contribution in [1.29, 1.82) is 0 Å². The van der Waals surface area contributed by atoms with Crippen molar-refractivity contribution in [1.82, 2.24) is 5.32 Å². The molecule has 0 spiro atoms. The third-order valence-corrected chi connectivity index (χ3v) is 7.16. The molecule has 2 bridgehead atoms. The molecular weight excluding hydrogens is 368 g/mol. The van der Waals surface area contributed by atoms with Crippen LogP contribution in [0.5, 0.6) is 11.5 Å². The van der Waals surface area contributed by atoms with Gasteiger partial charge in [0.15, 0.2) is 11.5 Å². The average molecular weight is 396 g/mol. The minimum absolute atomic E-state index is 0.0726. The lowest BCUT2D eigenvalue weighted by Gasteiger charge is -2.56. The highest BCUT2D eigenvalue weighted by atomic mass is 16.7. The van der Waals surface area contributed by atoms with E-state index in [4.69, 9.17) is 14.3 Å². The molecule has 2 heterocycles. The van der Waals surface area contributed by atoms with Crippen LogP contribution in [0.3, 0.4) is 0 Å². The maximum atomic E-state index is 12.5. The van der Waals surface area contributed by atoms with Gasteiger partial charge in [-0.3, -0.25) is 4.79 Å². The molecule has 1 amide bonds. The summed E-state index contributed by atoms with van der Waals surface area (Å²) in [4.78, 5) is 17.9. The van der Waals surface area contributed by atoms with E-state index in [0.29, 0.717) is 30.7 Å².